The molecule has 0 aliphatic rings. The monoisotopic (exact) mass is 327 g/mol. The van der Waals surface area contributed by atoms with Crippen molar-refractivity contribution in [2.75, 3.05) is 0 Å². The molecule has 0 fully saturated rings. The maximum Gasteiger partial charge on any atom is 0.262 e. The van der Waals surface area contributed by atoms with Gasteiger partial charge in [-0.05, 0) is 24.3 Å². The molecular weight excluding hydrogens is 318 g/mol. The summed E-state index contributed by atoms with van der Waals surface area (Å²) in [7, 11) is 0. The van der Waals surface area contributed by atoms with Crippen LogP contribution in [0.2, 0.25) is 0 Å². The van der Waals surface area contributed by atoms with Crippen LogP contribution in [0.3, 0.4) is 0 Å². The zero-order valence-corrected chi connectivity index (χ0v) is 12.0. The van der Waals surface area contributed by atoms with E-state index < -0.39 is 0 Å². The minimum Gasteiger partial charge on any atom is -0.298 e. The van der Waals surface area contributed by atoms with Gasteiger partial charge < -0.3 is 0 Å². The van der Waals surface area contributed by atoms with Crippen molar-refractivity contribution >= 4 is 39.0 Å². The number of halogens is 1. The number of hydrogen-bond acceptors (Lipinski definition) is 2. The van der Waals surface area contributed by atoms with Gasteiger partial charge in [0.2, 0.25) is 0 Å². The second-order valence-corrected chi connectivity index (χ2v) is 5.23. The van der Waals surface area contributed by atoms with Crippen LogP contribution in [0.5, 0.6) is 0 Å². The first-order valence-corrected chi connectivity index (χ1v) is 6.86. The molecule has 3 nitrogen and oxygen atoms in total. The van der Waals surface area contributed by atoms with Crippen molar-refractivity contribution in [1.82, 2.24) is 4.57 Å². The smallest absolute Gasteiger partial charge is 0.262 e. The molecule has 0 bridgehead atoms. The van der Waals surface area contributed by atoms with E-state index in [0.717, 1.165) is 21.7 Å². The fourth-order valence-corrected chi connectivity index (χ4v) is 2.83. The van der Waals surface area contributed by atoms with Gasteiger partial charge in [0, 0.05) is 27.2 Å². The van der Waals surface area contributed by atoms with E-state index in [1.807, 2.05) is 36.4 Å². The molecule has 0 aliphatic heterocycles. The number of rotatable bonds is 2. The van der Waals surface area contributed by atoms with Gasteiger partial charge in [-0.15, -0.1) is 0 Å². The Hall–Kier alpha value is -2.20. The summed E-state index contributed by atoms with van der Waals surface area (Å²) in [6, 6.07) is 14.5. The van der Waals surface area contributed by atoms with Crippen LogP contribution < -0.4 is 0 Å². The minimum absolute atomic E-state index is 0.151. The Morgan fingerprint density at radius 3 is 2.50 bits per heavy atom. The lowest BCUT2D eigenvalue weighted by atomic mass is 10.2. The van der Waals surface area contributed by atoms with Crippen molar-refractivity contribution in [2.24, 2.45) is 0 Å². The van der Waals surface area contributed by atoms with E-state index in [0.29, 0.717) is 11.1 Å². The predicted octanol–water partition coefficient (Wildman–Crippen LogP) is 3.90. The summed E-state index contributed by atoms with van der Waals surface area (Å²) in [6.07, 6.45) is 2.35. The van der Waals surface area contributed by atoms with Crippen molar-refractivity contribution < 1.29 is 9.59 Å². The van der Waals surface area contributed by atoms with Gasteiger partial charge in [-0.3, -0.25) is 14.2 Å². The molecule has 2 aromatic carbocycles. The first kappa shape index (κ1) is 12.8. The van der Waals surface area contributed by atoms with E-state index in [9.17, 15) is 9.59 Å². The zero-order valence-electron chi connectivity index (χ0n) is 10.4. The van der Waals surface area contributed by atoms with E-state index in [1.165, 1.54) is 4.57 Å². The minimum atomic E-state index is -0.151. The van der Waals surface area contributed by atoms with Crippen molar-refractivity contribution in [1.29, 1.82) is 0 Å². The van der Waals surface area contributed by atoms with Gasteiger partial charge in [0.25, 0.3) is 5.91 Å². The molecule has 20 heavy (non-hydrogen) atoms. The van der Waals surface area contributed by atoms with Crippen LogP contribution in [0.4, 0.5) is 0 Å². The number of nitrogens with zero attached hydrogens (tertiary/aromatic N) is 1. The summed E-state index contributed by atoms with van der Waals surface area (Å²) in [5.41, 5.74) is 1.80. The molecule has 0 unspecified atom stereocenters. The first-order chi connectivity index (χ1) is 9.72. The molecule has 3 rings (SSSR count). The molecule has 0 amide bonds. The van der Waals surface area contributed by atoms with E-state index >= 15 is 0 Å². The van der Waals surface area contributed by atoms with Crippen molar-refractivity contribution in [3.8, 4) is 0 Å². The number of fused-ring (bicyclic) bond motifs is 1. The molecule has 98 valence electrons. The Morgan fingerprint density at radius 2 is 1.80 bits per heavy atom. The molecule has 1 aromatic heterocycles. The zero-order chi connectivity index (χ0) is 14.1. The van der Waals surface area contributed by atoms with Crippen LogP contribution in [0.25, 0.3) is 10.9 Å². The maximum atomic E-state index is 12.5. The first-order valence-electron chi connectivity index (χ1n) is 6.07. The van der Waals surface area contributed by atoms with Gasteiger partial charge in [-0.2, -0.15) is 0 Å². The van der Waals surface area contributed by atoms with E-state index in [4.69, 9.17) is 0 Å². The molecule has 0 saturated heterocycles. The van der Waals surface area contributed by atoms with Gasteiger partial charge in [-0.1, -0.05) is 40.2 Å². The highest BCUT2D eigenvalue weighted by molar-refractivity contribution is 9.10. The van der Waals surface area contributed by atoms with E-state index in [2.05, 4.69) is 15.9 Å². The van der Waals surface area contributed by atoms with Crippen LogP contribution in [-0.2, 0) is 0 Å². The Kier molecular flexibility index (Phi) is 3.24. The Labute approximate surface area is 124 Å². The molecule has 0 saturated carbocycles. The van der Waals surface area contributed by atoms with Gasteiger partial charge in [0.05, 0.1) is 5.52 Å². The highest BCUT2D eigenvalue weighted by atomic mass is 79.9. The second-order valence-electron chi connectivity index (χ2n) is 4.38. The highest BCUT2D eigenvalue weighted by Gasteiger charge is 2.16. The molecule has 0 aliphatic carbocycles. The maximum absolute atomic E-state index is 12.5. The van der Waals surface area contributed by atoms with Crippen LogP contribution >= 0.6 is 15.9 Å². The Balaban J connectivity index is 2.25. The molecule has 0 radical (unpaired) electrons. The molecule has 0 spiro atoms. The van der Waals surface area contributed by atoms with Crippen molar-refractivity contribution in [3.05, 3.63) is 70.3 Å². The lowest BCUT2D eigenvalue weighted by Crippen LogP contribution is -2.10. The number of benzene rings is 2. The normalized spacial score (nSPS) is 10.7. The van der Waals surface area contributed by atoms with Crippen LogP contribution in [-0.4, -0.2) is 16.8 Å². The average molecular weight is 328 g/mol. The SMILES string of the molecule is O=Cc1cn(C(=O)c2ccccc2)c2cccc(Br)c12. The van der Waals surface area contributed by atoms with Crippen LogP contribution in [0, 0.1) is 0 Å². The van der Waals surface area contributed by atoms with Gasteiger partial charge >= 0.3 is 0 Å². The predicted molar refractivity (Wildman–Crippen MR) is 81.2 cm³/mol. The van der Waals surface area contributed by atoms with Gasteiger partial charge in [-0.25, -0.2) is 0 Å². The van der Waals surface area contributed by atoms with Crippen molar-refractivity contribution in [2.45, 2.75) is 0 Å². The van der Waals surface area contributed by atoms with Crippen molar-refractivity contribution in [3.63, 3.8) is 0 Å². The molecule has 0 atom stereocenters. The number of carbonyl (C=O) groups excluding carboxylic acids is 2. The highest BCUT2D eigenvalue weighted by Crippen LogP contribution is 2.28. The third-order valence-electron chi connectivity index (χ3n) is 3.17. The average Bonchev–Trinajstić information content (AvgIpc) is 2.87. The Bertz CT molecular complexity index is 806. The molecular formula is C16H10BrNO2. The number of aromatic nitrogens is 1. The summed E-state index contributed by atoms with van der Waals surface area (Å²) >= 11 is 3.42. The molecule has 1 heterocycles. The quantitative estimate of drug-likeness (QED) is 0.669. The largest absolute Gasteiger partial charge is 0.298 e. The summed E-state index contributed by atoms with van der Waals surface area (Å²) in [5.74, 6) is -0.151. The fourth-order valence-electron chi connectivity index (χ4n) is 2.25. The lowest BCUT2D eigenvalue weighted by molar-refractivity contribution is 0.0965. The number of hydrogen-bond donors (Lipinski definition) is 0. The molecule has 3 aromatic rings. The second kappa shape index (κ2) is 5.06. The summed E-state index contributed by atoms with van der Waals surface area (Å²) in [4.78, 5) is 23.7. The third-order valence-corrected chi connectivity index (χ3v) is 3.84. The number of carbonyl (C=O) groups is 2. The summed E-state index contributed by atoms with van der Waals surface area (Å²) in [5, 5.41) is 0.756. The van der Waals surface area contributed by atoms with Crippen LogP contribution in [0.15, 0.2) is 59.2 Å². The van der Waals surface area contributed by atoms with Gasteiger partial charge in [0.15, 0.2) is 6.29 Å². The fraction of sp³-hybridized carbons (Fsp3) is 0. The summed E-state index contributed by atoms with van der Waals surface area (Å²) < 4.78 is 2.32. The van der Waals surface area contributed by atoms with Crippen LogP contribution in [0.1, 0.15) is 20.7 Å². The molecule has 0 N–H and O–H groups in total. The lowest BCUT2D eigenvalue weighted by Gasteiger charge is -2.04. The van der Waals surface area contributed by atoms with Gasteiger partial charge in [0.1, 0.15) is 0 Å². The van der Waals surface area contributed by atoms with E-state index in [-0.39, 0.29) is 5.91 Å². The van der Waals surface area contributed by atoms with E-state index in [1.54, 1.807) is 18.3 Å². The third kappa shape index (κ3) is 1.98. The summed E-state index contributed by atoms with van der Waals surface area (Å²) in [6.45, 7) is 0. The standard InChI is InChI=1S/C16H10BrNO2/c17-13-7-4-8-14-15(13)12(10-19)9-18(14)16(20)11-5-2-1-3-6-11/h1-10H. The number of aldehydes is 1. The Morgan fingerprint density at radius 1 is 1.05 bits per heavy atom. The topological polar surface area (TPSA) is 39.1 Å². The molecule has 4 heteroatoms.